The zero-order valence-corrected chi connectivity index (χ0v) is 20.7. The predicted molar refractivity (Wildman–Crippen MR) is 134 cm³/mol. The van der Waals surface area contributed by atoms with Gasteiger partial charge in [-0.15, -0.1) is 5.10 Å². The smallest absolute Gasteiger partial charge is 0.416 e. The molecule has 0 atom stereocenters. The molecule has 9 nitrogen and oxygen atoms in total. The summed E-state index contributed by atoms with van der Waals surface area (Å²) in [5, 5.41) is 7.15. The van der Waals surface area contributed by atoms with Crippen molar-refractivity contribution in [2.24, 2.45) is 0 Å². The van der Waals surface area contributed by atoms with Gasteiger partial charge in [0.1, 0.15) is 6.61 Å². The fourth-order valence-electron chi connectivity index (χ4n) is 3.82. The van der Waals surface area contributed by atoms with Crippen molar-refractivity contribution < 1.29 is 36.9 Å². The quantitative estimate of drug-likeness (QED) is 0.286. The maximum atomic E-state index is 13.4. The Hall–Kier alpha value is -4.58. The number of nitrogens with one attached hydrogen (secondary N) is 1. The number of amides is 1. The molecule has 0 radical (unpaired) electrons. The third-order valence-electron chi connectivity index (χ3n) is 5.70. The molecule has 0 spiro atoms. The van der Waals surface area contributed by atoms with Crippen LogP contribution in [0, 0.1) is 0 Å². The fraction of sp³-hybridized carbons (Fsp3) is 0.222. The molecule has 3 aromatic carbocycles. The van der Waals surface area contributed by atoms with Gasteiger partial charge in [-0.2, -0.15) is 18.2 Å². The highest BCUT2D eigenvalue weighted by Gasteiger charge is 2.31. The molecular weight excluding hydrogens is 517 g/mol. The molecule has 5 rings (SSSR count). The van der Waals surface area contributed by atoms with Crippen LogP contribution in [-0.4, -0.2) is 47.3 Å². The van der Waals surface area contributed by atoms with Crippen LogP contribution in [0.2, 0.25) is 0 Å². The largest absolute Gasteiger partial charge is 0.460 e. The van der Waals surface area contributed by atoms with Crippen LogP contribution in [0.15, 0.2) is 66.7 Å². The van der Waals surface area contributed by atoms with Crippen LogP contribution in [0.1, 0.15) is 22.8 Å². The zero-order valence-electron chi connectivity index (χ0n) is 20.7. The van der Waals surface area contributed by atoms with E-state index in [-0.39, 0.29) is 36.7 Å². The molecule has 39 heavy (non-hydrogen) atoms. The summed E-state index contributed by atoms with van der Waals surface area (Å²) < 4.78 is 62.9. The Morgan fingerprint density at radius 3 is 2.59 bits per heavy atom. The van der Waals surface area contributed by atoms with Crippen LogP contribution >= 0.6 is 0 Å². The first-order chi connectivity index (χ1) is 18.8. The van der Waals surface area contributed by atoms with Gasteiger partial charge in [0.2, 0.25) is 6.79 Å². The number of aromatic nitrogens is 3. The Balaban J connectivity index is 1.40. The molecule has 0 fully saturated rings. The average molecular weight is 540 g/mol. The molecule has 4 aromatic rings. The fourth-order valence-corrected chi connectivity index (χ4v) is 3.82. The van der Waals surface area contributed by atoms with E-state index in [4.69, 9.17) is 18.9 Å². The summed E-state index contributed by atoms with van der Waals surface area (Å²) in [4.78, 5) is 17.0. The summed E-state index contributed by atoms with van der Waals surface area (Å²) in [7, 11) is 0. The van der Waals surface area contributed by atoms with Crippen molar-refractivity contribution in [2.75, 3.05) is 31.9 Å². The van der Waals surface area contributed by atoms with Gasteiger partial charge < -0.3 is 24.3 Å². The lowest BCUT2D eigenvalue weighted by molar-refractivity contribution is -0.137. The third-order valence-corrected chi connectivity index (χ3v) is 5.70. The molecule has 0 unspecified atom stereocenters. The second-order valence-electron chi connectivity index (χ2n) is 8.32. The van der Waals surface area contributed by atoms with E-state index in [1.54, 1.807) is 42.5 Å². The van der Waals surface area contributed by atoms with Gasteiger partial charge in [-0.05, 0) is 61.5 Å². The van der Waals surface area contributed by atoms with Gasteiger partial charge in [-0.3, -0.25) is 4.79 Å². The Morgan fingerprint density at radius 1 is 1.03 bits per heavy atom. The van der Waals surface area contributed by atoms with E-state index in [1.807, 2.05) is 6.92 Å². The molecule has 1 aromatic heterocycles. The highest BCUT2D eigenvalue weighted by molar-refractivity contribution is 6.04. The molecule has 0 bridgehead atoms. The predicted octanol–water partition coefficient (Wildman–Crippen LogP) is 5.35. The number of halogens is 3. The number of carbonyl (C=O) groups excluding carboxylic acids is 1. The molecule has 1 aliphatic heterocycles. The molecular formula is C27H23F3N4O5. The van der Waals surface area contributed by atoms with Crippen molar-refractivity contribution in [2.45, 2.75) is 13.1 Å². The number of hydrogen-bond acceptors (Lipinski definition) is 7. The number of rotatable bonds is 9. The Kier molecular flexibility index (Phi) is 7.37. The number of nitrogens with zero attached hydrogens (tertiary/aromatic N) is 3. The minimum atomic E-state index is -4.52. The van der Waals surface area contributed by atoms with Crippen LogP contribution in [0.25, 0.3) is 17.1 Å². The van der Waals surface area contributed by atoms with Crippen molar-refractivity contribution in [3.05, 3.63) is 77.9 Å². The molecule has 0 saturated heterocycles. The summed E-state index contributed by atoms with van der Waals surface area (Å²) in [6.07, 6.45) is -4.52. The highest BCUT2D eigenvalue weighted by atomic mass is 19.4. The van der Waals surface area contributed by atoms with Gasteiger partial charge in [0.05, 0.1) is 17.9 Å². The van der Waals surface area contributed by atoms with Gasteiger partial charge in [0.15, 0.2) is 17.3 Å². The molecule has 2 heterocycles. The SMILES string of the molecule is CCOCCOc1nc(-c2cccc(C(F)(F)F)c2)n(-c2ccc(NC(=O)c3ccc4c(c3)OCO4)cc2)n1. The van der Waals surface area contributed by atoms with Crippen molar-refractivity contribution in [3.8, 4) is 34.6 Å². The molecule has 1 N–H and O–H groups in total. The Labute approximate surface area is 221 Å². The number of alkyl halides is 3. The monoisotopic (exact) mass is 540 g/mol. The van der Waals surface area contributed by atoms with Gasteiger partial charge >= 0.3 is 12.2 Å². The van der Waals surface area contributed by atoms with Crippen molar-refractivity contribution in [1.82, 2.24) is 14.8 Å². The minimum Gasteiger partial charge on any atom is -0.460 e. The van der Waals surface area contributed by atoms with Gasteiger partial charge in [0, 0.05) is 23.4 Å². The number of fused-ring (bicyclic) bond motifs is 1. The lowest BCUT2D eigenvalue weighted by atomic mass is 10.1. The van der Waals surface area contributed by atoms with E-state index < -0.39 is 11.7 Å². The number of anilines is 1. The Morgan fingerprint density at radius 2 is 1.82 bits per heavy atom. The standard InChI is InChI=1S/C27H23F3N4O5/c1-2-36-12-13-37-26-32-24(17-4-3-5-19(14-17)27(28,29)30)34(33-26)21-9-7-20(8-10-21)31-25(35)18-6-11-22-23(15-18)39-16-38-22/h3-11,14-15H,2,12-13,16H2,1H3,(H,31,35). The lowest BCUT2D eigenvalue weighted by Gasteiger charge is -2.10. The number of ether oxygens (including phenoxy) is 4. The molecule has 12 heteroatoms. The van der Waals surface area contributed by atoms with Gasteiger partial charge in [-0.1, -0.05) is 12.1 Å². The average Bonchev–Trinajstić information content (AvgIpc) is 3.58. The van der Waals surface area contributed by atoms with Crippen molar-refractivity contribution in [3.63, 3.8) is 0 Å². The van der Waals surface area contributed by atoms with Crippen LogP contribution in [0.3, 0.4) is 0 Å². The first kappa shape index (κ1) is 26.0. The van der Waals surface area contributed by atoms with Crippen LogP contribution in [0.5, 0.6) is 17.5 Å². The van der Waals surface area contributed by atoms with E-state index in [9.17, 15) is 18.0 Å². The summed E-state index contributed by atoms with van der Waals surface area (Å²) >= 11 is 0. The number of carbonyl (C=O) groups is 1. The molecule has 0 saturated carbocycles. The van der Waals surface area contributed by atoms with Crippen LogP contribution in [-0.2, 0) is 10.9 Å². The van der Waals surface area contributed by atoms with E-state index in [1.165, 1.54) is 16.8 Å². The van der Waals surface area contributed by atoms with Gasteiger partial charge in [-0.25, -0.2) is 4.68 Å². The number of hydrogen-bond donors (Lipinski definition) is 1. The van der Waals surface area contributed by atoms with E-state index in [0.29, 0.717) is 41.7 Å². The number of benzene rings is 3. The molecule has 1 aliphatic rings. The maximum Gasteiger partial charge on any atom is 0.416 e. The third kappa shape index (κ3) is 5.96. The van der Waals surface area contributed by atoms with E-state index in [2.05, 4.69) is 15.4 Å². The minimum absolute atomic E-state index is 0.0118. The summed E-state index contributed by atoms with van der Waals surface area (Å²) in [6, 6.07) is 16.3. The second kappa shape index (κ2) is 11.0. The van der Waals surface area contributed by atoms with Gasteiger partial charge in [0.25, 0.3) is 5.91 Å². The first-order valence-corrected chi connectivity index (χ1v) is 12.0. The molecule has 1 amide bonds. The summed E-state index contributed by atoms with van der Waals surface area (Å²) in [5.74, 6) is 0.869. The Bertz CT molecular complexity index is 1470. The summed E-state index contributed by atoms with van der Waals surface area (Å²) in [5.41, 5.74) is 0.776. The molecule has 202 valence electrons. The van der Waals surface area contributed by atoms with Crippen LogP contribution < -0.4 is 19.5 Å². The zero-order chi connectivity index (χ0) is 27.4. The maximum absolute atomic E-state index is 13.4. The van der Waals surface area contributed by atoms with E-state index in [0.717, 1.165) is 12.1 Å². The van der Waals surface area contributed by atoms with Crippen molar-refractivity contribution >= 4 is 11.6 Å². The second-order valence-corrected chi connectivity index (χ2v) is 8.32. The van der Waals surface area contributed by atoms with E-state index >= 15 is 0 Å². The van der Waals surface area contributed by atoms with Crippen molar-refractivity contribution in [1.29, 1.82) is 0 Å². The van der Waals surface area contributed by atoms with Crippen LogP contribution in [0.4, 0.5) is 18.9 Å². The lowest BCUT2D eigenvalue weighted by Crippen LogP contribution is -2.12. The summed E-state index contributed by atoms with van der Waals surface area (Å²) in [6.45, 7) is 2.94. The first-order valence-electron chi connectivity index (χ1n) is 12.0. The molecule has 0 aliphatic carbocycles. The highest BCUT2D eigenvalue weighted by Crippen LogP contribution is 2.34. The normalized spacial score (nSPS) is 12.4. The topological polar surface area (TPSA) is 96.7 Å².